The van der Waals surface area contributed by atoms with Crippen molar-refractivity contribution >= 4 is 62.2 Å². The summed E-state index contributed by atoms with van der Waals surface area (Å²) in [4.78, 5) is 12.0. The van der Waals surface area contributed by atoms with Gasteiger partial charge in [-0.2, -0.15) is 0 Å². The smallest absolute Gasteiger partial charge is 0.323 e. The van der Waals surface area contributed by atoms with Gasteiger partial charge in [-0.15, -0.1) is 0 Å². The van der Waals surface area contributed by atoms with Gasteiger partial charge in [-0.25, -0.2) is 4.79 Å². The molecule has 0 aliphatic heterocycles. The topological polar surface area (TPSA) is 67.1 Å². The number of halogens is 3. The Labute approximate surface area is 140 Å². The number of anilines is 3. The number of carbonyl (C=O) groups excluding carboxylic acids is 1. The number of amides is 2. The molecular formula is C14H12BrCl2N3O. The molecule has 0 spiro atoms. The van der Waals surface area contributed by atoms with E-state index in [9.17, 15) is 4.79 Å². The zero-order valence-electron chi connectivity index (χ0n) is 11.0. The maximum absolute atomic E-state index is 12.0. The van der Waals surface area contributed by atoms with Crippen LogP contribution in [0.4, 0.5) is 21.9 Å². The first-order valence-electron chi connectivity index (χ1n) is 5.95. The summed E-state index contributed by atoms with van der Waals surface area (Å²) in [6.07, 6.45) is 0. The van der Waals surface area contributed by atoms with Gasteiger partial charge in [0.25, 0.3) is 0 Å². The maximum Gasteiger partial charge on any atom is 0.323 e. The molecule has 0 saturated carbocycles. The Morgan fingerprint density at radius 3 is 2.29 bits per heavy atom. The van der Waals surface area contributed by atoms with Crippen LogP contribution in [0.25, 0.3) is 0 Å². The summed E-state index contributed by atoms with van der Waals surface area (Å²) in [5.41, 5.74) is 8.36. The molecule has 0 aromatic heterocycles. The van der Waals surface area contributed by atoms with Crippen LogP contribution in [0.15, 0.2) is 34.8 Å². The van der Waals surface area contributed by atoms with Crippen molar-refractivity contribution in [2.24, 2.45) is 0 Å². The Morgan fingerprint density at radius 2 is 1.71 bits per heavy atom. The quantitative estimate of drug-likeness (QED) is 0.611. The lowest BCUT2D eigenvalue weighted by atomic mass is 10.2. The first-order valence-corrected chi connectivity index (χ1v) is 7.50. The van der Waals surface area contributed by atoms with Crippen LogP contribution in [0, 0.1) is 6.92 Å². The molecule has 0 aliphatic carbocycles. The van der Waals surface area contributed by atoms with Gasteiger partial charge in [-0.1, -0.05) is 23.2 Å². The van der Waals surface area contributed by atoms with Crippen molar-refractivity contribution in [3.63, 3.8) is 0 Å². The Kier molecular flexibility index (Phi) is 4.98. The van der Waals surface area contributed by atoms with E-state index in [0.717, 1.165) is 5.56 Å². The van der Waals surface area contributed by atoms with E-state index in [4.69, 9.17) is 28.9 Å². The summed E-state index contributed by atoms with van der Waals surface area (Å²) in [6.45, 7) is 1.92. The molecule has 0 heterocycles. The zero-order chi connectivity index (χ0) is 15.6. The maximum atomic E-state index is 12.0. The highest BCUT2D eigenvalue weighted by atomic mass is 79.9. The molecule has 2 amide bonds. The minimum atomic E-state index is -0.440. The number of nitrogen functional groups attached to an aromatic ring is 1. The molecule has 7 heteroatoms. The summed E-state index contributed by atoms with van der Waals surface area (Å²) >= 11 is 15.1. The Hall–Kier alpha value is -1.43. The number of nitrogens with one attached hydrogen (secondary N) is 2. The number of aryl methyl sites for hydroxylation is 1. The number of urea groups is 1. The lowest BCUT2D eigenvalue weighted by Gasteiger charge is -2.12. The van der Waals surface area contributed by atoms with Crippen LogP contribution in [0.3, 0.4) is 0 Å². The minimum absolute atomic E-state index is 0.439. The summed E-state index contributed by atoms with van der Waals surface area (Å²) in [5.74, 6) is 0. The van der Waals surface area contributed by atoms with Crippen LogP contribution in [-0.4, -0.2) is 6.03 Å². The molecule has 0 radical (unpaired) electrons. The Morgan fingerprint density at radius 1 is 1.10 bits per heavy atom. The van der Waals surface area contributed by atoms with Gasteiger partial charge in [-0.05, 0) is 58.7 Å². The van der Waals surface area contributed by atoms with Crippen LogP contribution in [0.5, 0.6) is 0 Å². The van der Waals surface area contributed by atoms with Gasteiger partial charge in [0, 0.05) is 20.2 Å². The van der Waals surface area contributed by atoms with E-state index in [2.05, 4.69) is 26.6 Å². The van der Waals surface area contributed by atoms with Crippen molar-refractivity contribution < 1.29 is 4.79 Å². The molecular weight excluding hydrogens is 377 g/mol. The molecule has 0 bridgehead atoms. The van der Waals surface area contributed by atoms with Gasteiger partial charge in [0.15, 0.2) is 0 Å². The minimum Gasteiger partial charge on any atom is -0.397 e. The number of rotatable bonds is 2. The molecule has 0 unspecified atom stereocenters. The predicted molar refractivity (Wildman–Crippen MR) is 92.4 cm³/mol. The van der Waals surface area contributed by atoms with E-state index >= 15 is 0 Å². The molecule has 110 valence electrons. The standard InChI is InChI=1S/C14H12BrCl2N3O/c1-7-2-11(15)13(12(18)3-7)20-14(21)19-10-5-8(16)4-9(17)6-10/h2-6H,18H2,1H3,(H2,19,20,21). The van der Waals surface area contributed by atoms with Gasteiger partial charge < -0.3 is 16.4 Å². The molecule has 0 fully saturated rings. The van der Waals surface area contributed by atoms with Crippen LogP contribution >= 0.6 is 39.1 Å². The number of hydrogen-bond donors (Lipinski definition) is 3. The van der Waals surface area contributed by atoms with E-state index in [1.165, 1.54) is 0 Å². The Balaban J connectivity index is 2.15. The van der Waals surface area contributed by atoms with Crippen molar-refractivity contribution in [2.75, 3.05) is 16.4 Å². The fraction of sp³-hybridized carbons (Fsp3) is 0.0714. The van der Waals surface area contributed by atoms with Gasteiger partial charge >= 0.3 is 6.03 Å². The highest BCUT2D eigenvalue weighted by Gasteiger charge is 2.10. The van der Waals surface area contributed by atoms with E-state index in [1.807, 2.05) is 13.0 Å². The second-order valence-electron chi connectivity index (χ2n) is 4.45. The third-order valence-electron chi connectivity index (χ3n) is 2.62. The first-order chi connectivity index (χ1) is 9.85. The molecule has 0 atom stereocenters. The van der Waals surface area contributed by atoms with E-state index in [1.54, 1.807) is 24.3 Å². The van der Waals surface area contributed by atoms with Gasteiger partial charge in [0.05, 0.1) is 11.4 Å². The molecule has 21 heavy (non-hydrogen) atoms. The normalized spacial score (nSPS) is 10.3. The zero-order valence-corrected chi connectivity index (χ0v) is 14.1. The van der Waals surface area contributed by atoms with Crippen molar-refractivity contribution in [3.8, 4) is 0 Å². The summed E-state index contributed by atoms with van der Waals surface area (Å²) in [7, 11) is 0. The monoisotopic (exact) mass is 387 g/mol. The number of hydrogen-bond acceptors (Lipinski definition) is 2. The average molecular weight is 389 g/mol. The lowest BCUT2D eigenvalue weighted by Crippen LogP contribution is -2.20. The molecule has 0 saturated heterocycles. The second kappa shape index (κ2) is 6.56. The van der Waals surface area contributed by atoms with Gasteiger partial charge in [-0.3, -0.25) is 0 Å². The third kappa shape index (κ3) is 4.27. The van der Waals surface area contributed by atoms with Crippen molar-refractivity contribution in [1.29, 1.82) is 0 Å². The number of nitrogens with two attached hydrogens (primary N) is 1. The van der Waals surface area contributed by atoms with Crippen LogP contribution in [0.2, 0.25) is 10.0 Å². The highest BCUT2D eigenvalue weighted by Crippen LogP contribution is 2.30. The third-order valence-corrected chi connectivity index (χ3v) is 3.69. The van der Waals surface area contributed by atoms with Crippen LogP contribution in [0.1, 0.15) is 5.56 Å². The first kappa shape index (κ1) is 15.9. The van der Waals surface area contributed by atoms with Crippen LogP contribution in [-0.2, 0) is 0 Å². The fourth-order valence-corrected chi connectivity index (χ4v) is 3.02. The van der Waals surface area contributed by atoms with E-state index < -0.39 is 6.03 Å². The Bertz CT molecular complexity index is 663. The number of benzene rings is 2. The summed E-state index contributed by atoms with van der Waals surface area (Å²) in [6, 6.07) is 7.98. The van der Waals surface area contributed by atoms with Crippen molar-refractivity contribution in [1.82, 2.24) is 0 Å². The molecule has 2 aromatic carbocycles. The van der Waals surface area contributed by atoms with E-state index in [-0.39, 0.29) is 0 Å². The van der Waals surface area contributed by atoms with E-state index in [0.29, 0.717) is 31.6 Å². The fourth-order valence-electron chi connectivity index (χ4n) is 1.80. The summed E-state index contributed by atoms with van der Waals surface area (Å²) in [5, 5.41) is 6.21. The van der Waals surface area contributed by atoms with Gasteiger partial charge in [0.1, 0.15) is 0 Å². The van der Waals surface area contributed by atoms with Crippen LogP contribution < -0.4 is 16.4 Å². The SMILES string of the molecule is Cc1cc(N)c(NC(=O)Nc2cc(Cl)cc(Cl)c2)c(Br)c1. The van der Waals surface area contributed by atoms with Crippen molar-refractivity contribution in [2.45, 2.75) is 6.92 Å². The molecule has 4 nitrogen and oxygen atoms in total. The second-order valence-corrected chi connectivity index (χ2v) is 6.18. The lowest BCUT2D eigenvalue weighted by molar-refractivity contribution is 0.262. The predicted octanol–water partition coefficient (Wildman–Crippen LogP) is 5.29. The average Bonchev–Trinajstić information content (AvgIpc) is 2.32. The molecule has 2 aromatic rings. The van der Waals surface area contributed by atoms with Gasteiger partial charge in [0.2, 0.25) is 0 Å². The molecule has 0 aliphatic rings. The van der Waals surface area contributed by atoms with Crippen molar-refractivity contribution in [3.05, 3.63) is 50.4 Å². The largest absolute Gasteiger partial charge is 0.397 e. The number of carbonyl (C=O) groups is 1. The molecule has 2 rings (SSSR count). The summed E-state index contributed by atoms with van der Waals surface area (Å²) < 4.78 is 0.708. The highest BCUT2D eigenvalue weighted by molar-refractivity contribution is 9.10. The molecule has 4 N–H and O–H groups in total.